The summed E-state index contributed by atoms with van der Waals surface area (Å²) in [7, 11) is 0. The third kappa shape index (κ3) is 4.07. The maximum Gasteiger partial charge on any atom is 0.234 e. The Kier molecular flexibility index (Phi) is 5.81. The Balaban J connectivity index is 1.52. The number of anilines is 1. The molecule has 152 valence electrons. The molecule has 0 saturated carbocycles. The fraction of sp³-hybridized carbons (Fsp3) is 0.217. The molecule has 0 aliphatic rings. The molecule has 2 heterocycles. The topological polar surface area (TPSA) is 72.7 Å². The summed E-state index contributed by atoms with van der Waals surface area (Å²) in [4.78, 5) is 21.4. The second kappa shape index (κ2) is 8.67. The van der Waals surface area contributed by atoms with Crippen LogP contribution in [0.25, 0.3) is 16.7 Å². The molecule has 1 N–H and O–H groups in total. The number of para-hydroxylation sites is 1. The highest BCUT2D eigenvalue weighted by molar-refractivity contribution is 8.00. The second-order valence-corrected chi connectivity index (χ2v) is 8.07. The maximum absolute atomic E-state index is 12.6. The molecule has 0 aliphatic heterocycles. The van der Waals surface area contributed by atoms with Crippen molar-refractivity contribution >= 4 is 34.4 Å². The zero-order valence-corrected chi connectivity index (χ0v) is 18.0. The van der Waals surface area contributed by atoms with Gasteiger partial charge in [-0.3, -0.25) is 4.79 Å². The van der Waals surface area contributed by atoms with Crippen LogP contribution >= 0.6 is 11.8 Å². The van der Waals surface area contributed by atoms with E-state index in [0.717, 1.165) is 45.0 Å². The zero-order valence-electron chi connectivity index (χ0n) is 17.2. The normalized spacial score (nSPS) is 11.0. The van der Waals surface area contributed by atoms with Crippen molar-refractivity contribution in [3.05, 3.63) is 71.7 Å². The van der Waals surface area contributed by atoms with Crippen LogP contribution in [0.3, 0.4) is 0 Å². The lowest BCUT2D eigenvalue weighted by atomic mass is 10.1. The average molecular weight is 418 g/mol. The molecule has 0 unspecified atom stereocenters. The van der Waals surface area contributed by atoms with E-state index < -0.39 is 0 Å². The lowest BCUT2D eigenvalue weighted by molar-refractivity contribution is -0.113. The largest absolute Gasteiger partial charge is 0.325 e. The van der Waals surface area contributed by atoms with Gasteiger partial charge in [0.1, 0.15) is 11.4 Å². The standard InChI is InChI=1S/C23H23N5OS/c1-4-17-7-5-6-16(3)21(17)27-20(29)13-30-23-19-12-26-28(22(19)24-14-25-23)18-10-8-15(2)9-11-18/h5-12,14H,4,13H2,1-3H3,(H,27,29). The number of aryl methyl sites for hydroxylation is 3. The van der Waals surface area contributed by atoms with E-state index in [9.17, 15) is 4.79 Å². The van der Waals surface area contributed by atoms with E-state index in [2.05, 4.69) is 27.3 Å². The Bertz CT molecular complexity index is 1200. The van der Waals surface area contributed by atoms with E-state index in [1.807, 2.05) is 56.3 Å². The second-order valence-electron chi connectivity index (χ2n) is 7.11. The first kappa shape index (κ1) is 20.1. The summed E-state index contributed by atoms with van der Waals surface area (Å²) in [6.45, 7) is 6.14. The molecular weight excluding hydrogens is 394 g/mol. The molecule has 4 rings (SSSR count). The zero-order chi connectivity index (χ0) is 21.1. The minimum atomic E-state index is -0.0540. The van der Waals surface area contributed by atoms with E-state index in [4.69, 9.17) is 0 Å². The van der Waals surface area contributed by atoms with Crippen molar-refractivity contribution < 1.29 is 4.79 Å². The predicted molar refractivity (Wildman–Crippen MR) is 121 cm³/mol. The summed E-state index contributed by atoms with van der Waals surface area (Å²) in [6, 6.07) is 14.2. The molecule has 0 bridgehead atoms. The minimum absolute atomic E-state index is 0.0540. The van der Waals surface area contributed by atoms with Gasteiger partial charge in [-0.25, -0.2) is 14.6 Å². The average Bonchev–Trinajstić information content (AvgIpc) is 3.19. The number of nitrogens with zero attached hydrogens (tertiary/aromatic N) is 4. The Morgan fingerprint density at radius 2 is 1.90 bits per heavy atom. The molecule has 0 radical (unpaired) electrons. The summed E-state index contributed by atoms with van der Waals surface area (Å²) < 4.78 is 1.79. The van der Waals surface area contributed by atoms with Gasteiger partial charge < -0.3 is 5.32 Å². The van der Waals surface area contributed by atoms with Crippen LogP contribution in [0, 0.1) is 13.8 Å². The molecule has 6 nitrogen and oxygen atoms in total. The highest BCUT2D eigenvalue weighted by Crippen LogP contribution is 2.27. The number of thioether (sulfide) groups is 1. The van der Waals surface area contributed by atoms with Crippen LogP contribution in [-0.4, -0.2) is 31.4 Å². The first-order valence-corrected chi connectivity index (χ1v) is 10.8. The highest BCUT2D eigenvalue weighted by atomic mass is 32.2. The molecule has 30 heavy (non-hydrogen) atoms. The van der Waals surface area contributed by atoms with E-state index in [1.54, 1.807) is 10.9 Å². The molecule has 7 heteroatoms. The van der Waals surface area contributed by atoms with Crippen molar-refractivity contribution in [1.82, 2.24) is 19.7 Å². The van der Waals surface area contributed by atoms with E-state index in [1.165, 1.54) is 23.7 Å². The Morgan fingerprint density at radius 3 is 2.67 bits per heavy atom. The van der Waals surface area contributed by atoms with E-state index in [0.29, 0.717) is 0 Å². The molecular formula is C23H23N5OS. The van der Waals surface area contributed by atoms with Crippen molar-refractivity contribution in [3.63, 3.8) is 0 Å². The fourth-order valence-electron chi connectivity index (χ4n) is 3.32. The Hall–Kier alpha value is -3.19. The summed E-state index contributed by atoms with van der Waals surface area (Å²) in [5, 5.41) is 9.12. The van der Waals surface area contributed by atoms with Crippen LogP contribution in [0.5, 0.6) is 0 Å². The van der Waals surface area contributed by atoms with Crippen LogP contribution in [0.4, 0.5) is 5.69 Å². The number of aromatic nitrogens is 4. The SMILES string of the molecule is CCc1cccc(C)c1NC(=O)CSc1ncnc2c1cnn2-c1ccc(C)cc1. The number of fused-ring (bicyclic) bond motifs is 1. The van der Waals surface area contributed by atoms with Crippen molar-refractivity contribution in [2.45, 2.75) is 32.2 Å². The predicted octanol–water partition coefficient (Wildman–Crippen LogP) is 4.73. The van der Waals surface area contributed by atoms with Gasteiger partial charge in [-0.15, -0.1) is 0 Å². The van der Waals surface area contributed by atoms with Crippen LogP contribution in [0.2, 0.25) is 0 Å². The van der Waals surface area contributed by atoms with Crippen molar-refractivity contribution in [2.24, 2.45) is 0 Å². The lowest BCUT2D eigenvalue weighted by Crippen LogP contribution is -2.16. The van der Waals surface area contributed by atoms with Gasteiger partial charge in [-0.2, -0.15) is 5.10 Å². The number of nitrogens with one attached hydrogen (secondary N) is 1. The number of rotatable bonds is 6. The molecule has 0 spiro atoms. The van der Waals surface area contributed by atoms with Crippen LogP contribution < -0.4 is 5.32 Å². The summed E-state index contributed by atoms with van der Waals surface area (Å²) >= 11 is 1.39. The smallest absolute Gasteiger partial charge is 0.234 e. The van der Waals surface area contributed by atoms with Gasteiger partial charge in [0.2, 0.25) is 5.91 Å². The molecule has 1 amide bonds. The summed E-state index contributed by atoms with van der Waals surface area (Å²) in [6.07, 6.45) is 4.15. The lowest BCUT2D eigenvalue weighted by Gasteiger charge is -2.12. The summed E-state index contributed by atoms with van der Waals surface area (Å²) in [5.41, 5.74) is 5.96. The van der Waals surface area contributed by atoms with Gasteiger partial charge in [0, 0.05) is 5.69 Å². The number of carbonyl (C=O) groups is 1. The van der Waals surface area contributed by atoms with Crippen molar-refractivity contribution in [3.8, 4) is 5.69 Å². The fourth-order valence-corrected chi connectivity index (χ4v) is 4.09. The van der Waals surface area contributed by atoms with Crippen molar-refractivity contribution in [2.75, 3.05) is 11.1 Å². The van der Waals surface area contributed by atoms with E-state index in [-0.39, 0.29) is 11.7 Å². The number of amides is 1. The first-order chi connectivity index (χ1) is 14.6. The molecule has 2 aromatic heterocycles. The van der Waals surface area contributed by atoms with Crippen molar-refractivity contribution in [1.29, 1.82) is 0 Å². The van der Waals surface area contributed by atoms with E-state index >= 15 is 0 Å². The Labute approximate surface area is 179 Å². The third-order valence-corrected chi connectivity index (χ3v) is 5.96. The Morgan fingerprint density at radius 1 is 1.10 bits per heavy atom. The van der Waals surface area contributed by atoms with Crippen LogP contribution in [0.1, 0.15) is 23.6 Å². The highest BCUT2D eigenvalue weighted by Gasteiger charge is 2.14. The first-order valence-electron chi connectivity index (χ1n) is 9.83. The number of hydrogen-bond acceptors (Lipinski definition) is 5. The van der Waals surface area contributed by atoms with Gasteiger partial charge >= 0.3 is 0 Å². The minimum Gasteiger partial charge on any atom is -0.325 e. The maximum atomic E-state index is 12.6. The van der Waals surface area contributed by atoms with Gasteiger partial charge in [0.25, 0.3) is 0 Å². The number of hydrogen-bond donors (Lipinski definition) is 1. The van der Waals surface area contributed by atoms with Gasteiger partial charge in [0.15, 0.2) is 5.65 Å². The van der Waals surface area contributed by atoms with Crippen LogP contribution in [0.15, 0.2) is 60.0 Å². The molecule has 0 fully saturated rings. The molecule has 0 aliphatic carbocycles. The summed E-state index contributed by atoms with van der Waals surface area (Å²) in [5.74, 6) is 0.209. The number of carbonyl (C=O) groups excluding carboxylic acids is 1. The van der Waals surface area contributed by atoms with Crippen LogP contribution in [-0.2, 0) is 11.2 Å². The quantitative estimate of drug-likeness (QED) is 0.363. The van der Waals surface area contributed by atoms with Gasteiger partial charge in [0.05, 0.1) is 23.0 Å². The monoisotopic (exact) mass is 417 g/mol. The molecule has 4 aromatic rings. The number of benzene rings is 2. The third-order valence-electron chi connectivity index (χ3n) is 4.95. The molecule has 2 aromatic carbocycles. The molecule has 0 saturated heterocycles. The van der Waals surface area contributed by atoms with Gasteiger partial charge in [-0.1, -0.05) is 54.6 Å². The molecule has 0 atom stereocenters. The van der Waals surface area contributed by atoms with Gasteiger partial charge in [-0.05, 0) is 43.5 Å².